The zero-order valence-electron chi connectivity index (χ0n) is 21.4. The molecular weight excluding hydrogens is 543 g/mol. The minimum Gasteiger partial charge on any atom is -0.496 e. The van der Waals surface area contributed by atoms with Gasteiger partial charge in [0.2, 0.25) is 0 Å². The Hall–Kier alpha value is -3.65. The third kappa shape index (κ3) is 6.39. The second-order valence-electron chi connectivity index (χ2n) is 9.46. The third-order valence-electron chi connectivity index (χ3n) is 6.61. The summed E-state index contributed by atoms with van der Waals surface area (Å²) in [5.41, 5.74) is 1.29. The molecule has 2 fully saturated rings. The molecule has 1 atom stereocenters. The van der Waals surface area contributed by atoms with Crippen molar-refractivity contribution in [3.8, 4) is 28.5 Å². The summed E-state index contributed by atoms with van der Waals surface area (Å²) in [6.45, 7) is -2.60. The highest BCUT2D eigenvalue weighted by atomic mass is 19.4. The van der Waals surface area contributed by atoms with E-state index in [0.717, 1.165) is 12.8 Å². The quantitative estimate of drug-likeness (QED) is 0.367. The van der Waals surface area contributed by atoms with Gasteiger partial charge in [-0.15, -0.1) is 0 Å². The summed E-state index contributed by atoms with van der Waals surface area (Å²) in [4.78, 5) is 18.8. The monoisotopic (exact) mass is 570 g/mol. The molecule has 1 unspecified atom stereocenters. The van der Waals surface area contributed by atoms with Gasteiger partial charge >= 0.3 is 12.8 Å². The van der Waals surface area contributed by atoms with Crippen molar-refractivity contribution in [3.05, 3.63) is 42.2 Å². The SMILES string of the molecule is COc1cc(-c2cnc3cc(OCCN4CCOC(C(F)(F)F)C4)ccn23)cc(OC(F)F)c1C(=O)NC1CC1. The molecule has 1 N–H and O–H groups in total. The maximum Gasteiger partial charge on any atom is 0.415 e. The zero-order chi connectivity index (χ0) is 28.4. The number of benzene rings is 1. The van der Waals surface area contributed by atoms with E-state index in [1.807, 2.05) is 0 Å². The molecule has 9 nitrogen and oxygen atoms in total. The number of hydrogen-bond donors (Lipinski definition) is 1. The molecule has 0 radical (unpaired) electrons. The molecule has 1 amide bonds. The van der Waals surface area contributed by atoms with Gasteiger partial charge in [0, 0.05) is 43.5 Å². The lowest BCUT2D eigenvalue weighted by molar-refractivity contribution is -0.237. The maximum absolute atomic E-state index is 13.3. The highest BCUT2D eigenvalue weighted by Gasteiger charge is 2.43. The van der Waals surface area contributed by atoms with E-state index in [1.165, 1.54) is 19.4 Å². The van der Waals surface area contributed by atoms with Crippen LogP contribution >= 0.6 is 0 Å². The lowest BCUT2D eigenvalue weighted by Gasteiger charge is -2.33. The molecule has 14 heteroatoms. The number of halogens is 5. The van der Waals surface area contributed by atoms with E-state index < -0.39 is 24.8 Å². The van der Waals surface area contributed by atoms with E-state index in [1.54, 1.807) is 33.7 Å². The Morgan fingerprint density at radius 3 is 2.70 bits per heavy atom. The van der Waals surface area contributed by atoms with E-state index in [4.69, 9.17) is 18.9 Å². The number of amides is 1. The van der Waals surface area contributed by atoms with Crippen LogP contribution in [0.4, 0.5) is 22.0 Å². The normalized spacial score (nSPS) is 18.2. The number of nitrogens with one attached hydrogen (secondary N) is 1. The summed E-state index contributed by atoms with van der Waals surface area (Å²) in [6.07, 6.45) is -1.41. The van der Waals surface area contributed by atoms with Crippen molar-refractivity contribution in [2.75, 3.05) is 40.0 Å². The Bertz CT molecular complexity index is 1360. The van der Waals surface area contributed by atoms with Crippen LogP contribution in [0, 0.1) is 0 Å². The van der Waals surface area contributed by atoms with Gasteiger partial charge in [-0.3, -0.25) is 14.1 Å². The fraction of sp³-hybridized carbons (Fsp3) is 0.462. The van der Waals surface area contributed by atoms with Crippen LogP contribution in [-0.4, -0.2) is 85.1 Å². The number of alkyl halides is 5. The second kappa shape index (κ2) is 11.5. The van der Waals surface area contributed by atoms with E-state index in [-0.39, 0.29) is 49.4 Å². The molecule has 216 valence electrons. The number of methoxy groups -OCH3 is 1. The number of fused-ring (bicyclic) bond motifs is 1. The fourth-order valence-electron chi connectivity index (χ4n) is 4.46. The summed E-state index contributed by atoms with van der Waals surface area (Å²) < 4.78 is 87.6. The van der Waals surface area contributed by atoms with Gasteiger partial charge in [-0.1, -0.05) is 0 Å². The van der Waals surface area contributed by atoms with Gasteiger partial charge in [0.05, 0.1) is 25.6 Å². The van der Waals surface area contributed by atoms with Crippen molar-refractivity contribution in [1.29, 1.82) is 0 Å². The predicted octanol–water partition coefficient (Wildman–Crippen LogP) is 4.15. The Kier molecular flexibility index (Phi) is 7.99. The summed E-state index contributed by atoms with van der Waals surface area (Å²) >= 11 is 0. The summed E-state index contributed by atoms with van der Waals surface area (Å²) in [5.74, 6) is -0.366. The maximum atomic E-state index is 13.3. The van der Waals surface area contributed by atoms with Gasteiger partial charge in [0.15, 0.2) is 6.10 Å². The Morgan fingerprint density at radius 1 is 1.23 bits per heavy atom. The number of ether oxygens (including phenoxy) is 4. The van der Waals surface area contributed by atoms with E-state index in [9.17, 15) is 26.7 Å². The molecule has 2 aliphatic rings. The van der Waals surface area contributed by atoms with Crippen molar-refractivity contribution in [1.82, 2.24) is 19.6 Å². The number of pyridine rings is 1. The molecule has 1 aromatic carbocycles. The molecule has 0 spiro atoms. The van der Waals surface area contributed by atoms with Gasteiger partial charge in [0.25, 0.3) is 5.91 Å². The van der Waals surface area contributed by atoms with Gasteiger partial charge < -0.3 is 24.3 Å². The van der Waals surface area contributed by atoms with Gasteiger partial charge in [-0.2, -0.15) is 22.0 Å². The number of morpholine rings is 1. The molecule has 40 heavy (non-hydrogen) atoms. The van der Waals surface area contributed by atoms with Crippen LogP contribution in [0.5, 0.6) is 17.2 Å². The minimum absolute atomic E-state index is 0.00264. The van der Waals surface area contributed by atoms with E-state index >= 15 is 0 Å². The molecule has 0 bridgehead atoms. The first kappa shape index (κ1) is 27.9. The van der Waals surface area contributed by atoms with Crippen LogP contribution in [0.2, 0.25) is 0 Å². The van der Waals surface area contributed by atoms with Gasteiger partial charge in [0.1, 0.15) is 35.1 Å². The first-order valence-electron chi connectivity index (χ1n) is 12.6. The van der Waals surface area contributed by atoms with Crippen LogP contribution in [0.15, 0.2) is 36.7 Å². The van der Waals surface area contributed by atoms with Crippen LogP contribution in [0.3, 0.4) is 0 Å². The number of aromatic nitrogens is 2. The summed E-state index contributed by atoms with van der Waals surface area (Å²) in [5, 5.41) is 2.76. The number of carbonyl (C=O) groups excluding carboxylic acids is 1. The van der Waals surface area contributed by atoms with Gasteiger partial charge in [-0.05, 0) is 31.0 Å². The Balaban J connectivity index is 1.32. The fourth-order valence-corrected chi connectivity index (χ4v) is 4.46. The van der Waals surface area contributed by atoms with E-state index in [2.05, 4.69) is 10.3 Å². The highest BCUT2D eigenvalue weighted by molar-refractivity contribution is 6.01. The van der Waals surface area contributed by atoms with Crippen LogP contribution in [0.1, 0.15) is 23.2 Å². The molecule has 3 heterocycles. The Labute approximate surface area is 225 Å². The average Bonchev–Trinajstić information content (AvgIpc) is 3.62. The lowest BCUT2D eigenvalue weighted by atomic mass is 10.1. The van der Waals surface area contributed by atoms with Crippen LogP contribution in [-0.2, 0) is 4.74 Å². The first-order chi connectivity index (χ1) is 19.1. The average molecular weight is 571 g/mol. The number of rotatable bonds is 10. The van der Waals surface area contributed by atoms with Crippen LogP contribution in [0.25, 0.3) is 16.9 Å². The zero-order valence-corrected chi connectivity index (χ0v) is 21.4. The molecule has 1 aliphatic carbocycles. The molecule has 3 aromatic rings. The third-order valence-corrected chi connectivity index (χ3v) is 6.61. The first-order valence-corrected chi connectivity index (χ1v) is 12.6. The smallest absolute Gasteiger partial charge is 0.415 e. The minimum atomic E-state index is -4.41. The summed E-state index contributed by atoms with van der Waals surface area (Å²) in [7, 11) is 1.33. The Morgan fingerprint density at radius 2 is 2.00 bits per heavy atom. The molecule has 5 rings (SSSR count). The van der Waals surface area contributed by atoms with Crippen molar-refractivity contribution in [3.63, 3.8) is 0 Å². The van der Waals surface area contributed by atoms with Gasteiger partial charge in [-0.25, -0.2) is 4.98 Å². The van der Waals surface area contributed by atoms with Crippen molar-refractivity contribution < 1.29 is 45.7 Å². The van der Waals surface area contributed by atoms with E-state index in [0.29, 0.717) is 29.2 Å². The lowest BCUT2D eigenvalue weighted by Crippen LogP contribution is -2.50. The predicted molar refractivity (Wildman–Crippen MR) is 132 cm³/mol. The molecule has 2 aromatic heterocycles. The highest BCUT2D eigenvalue weighted by Crippen LogP contribution is 2.37. The molecule has 1 aliphatic heterocycles. The molecule has 1 saturated carbocycles. The van der Waals surface area contributed by atoms with Crippen LogP contribution < -0.4 is 19.5 Å². The summed E-state index contributed by atoms with van der Waals surface area (Å²) in [6, 6.07) is 6.18. The molecular formula is C26H27F5N4O5. The number of carbonyl (C=O) groups is 1. The largest absolute Gasteiger partial charge is 0.496 e. The second-order valence-corrected chi connectivity index (χ2v) is 9.46. The number of hydrogen-bond acceptors (Lipinski definition) is 7. The standard InChI is InChI=1S/C26H27F5N4O5/c1-37-19-10-15(11-20(40-25(27)28)23(19)24(36)33-16-2-3-16)18-13-32-22-12-17(4-5-35(18)22)38-8-6-34-7-9-39-21(14-34)26(29,30)31/h4-5,10-13,16,21,25H,2-3,6-9,14H2,1H3,(H,33,36). The van der Waals surface area contributed by atoms with Crippen molar-refractivity contribution >= 4 is 11.6 Å². The topological polar surface area (TPSA) is 86.6 Å². The molecule has 1 saturated heterocycles. The number of imidazole rings is 1. The van der Waals surface area contributed by atoms with Crippen molar-refractivity contribution in [2.24, 2.45) is 0 Å². The number of nitrogens with zero attached hydrogens (tertiary/aromatic N) is 3. The van der Waals surface area contributed by atoms with Crippen molar-refractivity contribution in [2.45, 2.75) is 37.8 Å².